The minimum Gasteiger partial charge on any atom is -0.492 e. The van der Waals surface area contributed by atoms with Gasteiger partial charge in [0, 0.05) is 30.3 Å². The standard InChI is InChI=1S/C22H21NO3/c1-15-3-2-4-16(9-15)5-6-17-7-8-18-11-20(14-26-21(18)10-17)23-12-19(13-23)22(24)25/h2-4,7-10,19-20H,11-14H2,1H3,(H,24,25). The van der Waals surface area contributed by atoms with Crippen LogP contribution in [-0.2, 0) is 11.2 Å². The monoisotopic (exact) mass is 347 g/mol. The van der Waals surface area contributed by atoms with Gasteiger partial charge in [-0.1, -0.05) is 30.0 Å². The van der Waals surface area contributed by atoms with Crippen LogP contribution in [0.25, 0.3) is 0 Å². The van der Waals surface area contributed by atoms with Crippen LogP contribution in [0.15, 0.2) is 42.5 Å². The predicted octanol–water partition coefficient (Wildman–Crippen LogP) is 2.71. The zero-order valence-corrected chi connectivity index (χ0v) is 14.7. The molecule has 0 bridgehead atoms. The summed E-state index contributed by atoms with van der Waals surface area (Å²) in [5, 5.41) is 9.01. The Morgan fingerprint density at radius 3 is 2.65 bits per heavy atom. The molecule has 1 atom stereocenters. The molecule has 2 heterocycles. The third-order valence-corrected chi connectivity index (χ3v) is 5.10. The number of carboxylic acids is 1. The smallest absolute Gasteiger partial charge is 0.309 e. The van der Waals surface area contributed by atoms with Crippen molar-refractivity contribution in [1.29, 1.82) is 0 Å². The number of rotatable bonds is 2. The van der Waals surface area contributed by atoms with Crippen molar-refractivity contribution in [2.75, 3.05) is 19.7 Å². The van der Waals surface area contributed by atoms with Crippen LogP contribution in [-0.4, -0.2) is 41.7 Å². The summed E-state index contributed by atoms with van der Waals surface area (Å²) in [5.41, 5.74) is 4.32. The molecule has 26 heavy (non-hydrogen) atoms. The van der Waals surface area contributed by atoms with Gasteiger partial charge in [-0.15, -0.1) is 0 Å². The highest BCUT2D eigenvalue weighted by Crippen LogP contribution is 2.30. The van der Waals surface area contributed by atoms with E-state index in [1.54, 1.807) is 0 Å². The fraction of sp³-hybridized carbons (Fsp3) is 0.318. The first-order valence-electron chi connectivity index (χ1n) is 8.90. The first-order valence-corrected chi connectivity index (χ1v) is 8.90. The second-order valence-corrected chi connectivity index (χ2v) is 7.10. The summed E-state index contributed by atoms with van der Waals surface area (Å²) in [5.74, 6) is 6.38. The minimum absolute atomic E-state index is 0.226. The molecule has 132 valence electrons. The van der Waals surface area contributed by atoms with Gasteiger partial charge >= 0.3 is 5.97 Å². The van der Waals surface area contributed by atoms with Crippen molar-refractivity contribution in [2.24, 2.45) is 5.92 Å². The molecule has 0 saturated carbocycles. The van der Waals surface area contributed by atoms with Crippen molar-refractivity contribution in [3.8, 4) is 17.6 Å². The molecule has 0 aromatic heterocycles. The van der Waals surface area contributed by atoms with E-state index in [0.717, 1.165) is 23.3 Å². The summed E-state index contributed by atoms with van der Waals surface area (Å²) < 4.78 is 5.94. The van der Waals surface area contributed by atoms with Gasteiger partial charge in [0.05, 0.1) is 5.92 Å². The lowest BCUT2D eigenvalue weighted by atomic mass is 9.93. The van der Waals surface area contributed by atoms with Crippen molar-refractivity contribution in [3.63, 3.8) is 0 Å². The minimum atomic E-state index is -0.699. The van der Waals surface area contributed by atoms with Crippen molar-refractivity contribution >= 4 is 5.97 Å². The Morgan fingerprint density at radius 2 is 1.92 bits per heavy atom. The number of hydrogen-bond donors (Lipinski definition) is 1. The normalized spacial score (nSPS) is 19.5. The predicted molar refractivity (Wildman–Crippen MR) is 99.3 cm³/mol. The van der Waals surface area contributed by atoms with Crippen LogP contribution in [0.1, 0.15) is 22.3 Å². The van der Waals surface area contributed by atoms with E-state index in [1.807, 2.05) is 24.3 Å². The van der Waals surface area contributed by atoms with Crippen molar-refractivity contribution in [1.82, 2.24) is 4.90 Å². The molecular weight excluding hydrogens is 326 g/mol. The van der Waals surface area contributed by atoms with Gasteiger partial charge < -0.3 is 9.84 Å². The first kappa shape index (κ1) is 16.7. The van der Waals surface area contributed by atoms with Gasteiger partial charge in [-0.05, 0) is 48.7 Å². The molecule has 0 spiro atoms. The van der Waals surface area contributed by atoms with Crippen molar-refractivity contribution in [3.05, 3.63) is 64.7 Å². The quantitative estimate of drug-likeness (QED) is 0.849. The molecule has 0 aliphatic carbocycles. The van der Waals surface area contributed by atoms with Crippen LogP contribution in [0.3, 0.4) is 0 Å². The summed E-state index contributed by atoms with van der Waals surface area (Å²) in [7, 11) is 0. The summed E-state index contributed by atoms with van der Waals surface area (Å²) in [4.78, 5) is 13.2. The van der Waals surface area contributed by atoms with Gasteiger partial charge in [-0.25, -0.2) is 0 Å². The molecular formula is C22H21NO3. The van der Waals surface area contributed by atoms with E-state index in [-0.39, 0.29) is 12.0 Å². The van der Waals surface area contributed by atoms with Crippen LogP contribution in [0, 0.1) is 24.7 Å². The number of nitrogens with zero attached hydrogens (tertiary/aromatic N) is 1. The molecule has 4 heteroatoms. The van der Waals surface area contributed by atoms with E-state index < -0.39 is 5.97 Å². The SMILES string of the molecule is Cc1cccc(C#Cc2ccc3c(c2)OCC(N2CC(C(=O)O)C2)C3)c1. The number of fused-ring (bicyclic) bond motifs is 1. The Morgan fingerprint density at radius 1 is 1.15 bits per heavy atom. The van der Waals surface area contributed by atoms with E-state index in [4.69, 9.17) is 9.84 Å². The van der Waals surface area contributed by atoms with Crippen molar-refractivity contribution in [2.45, 2.75) is 19.4 Å². The Bertz CT molecular complexity index is 903. The summed E-state index contributed by atoms with van der Waals surface area (Å²) >= 11 is 0. The lowest BCUT2D eigenvalue weighted by Crippen LogP contribution is -2.57. The number of benzene rings is 2. The van der Waals surface area contributed by atoms with Crippen LogP contribution in [0.5, 0.6) is 5.75 Å². The van der Waals surface area contributed by atoms with Crippen molar-refractivity contribution < 1.29 is 14.6 Å². The number of ether oxygens (including phenoxy) is 1. The van der Waals surface area contributed by atoms with Crippen LogP contribution in [0.2, 0.25) is 0 Å². The van der Waals surface area contributed by atoms with E-state index in [2.05, 4.69) is 41.9 Å². The molecule has 2 aromatic rings. The van der Waals surface area contributed by atoms with E-state index >= 15 is 0 Å². The summed E-state index contributed by atoms with van der Waals surface area (Å²) in [6.07, 6.45) is 0.896. The third-order valence-electron chi connectivity index (χ3n) is 5.10. The maximum absolute atomic E-state index is 11.0. The lowest BCUT2D eigenvalue weighted by Gasteiger charge is -2.43. The molecule has 4 nitrogen and oxygen atoms in total. The first-order chi connectivity index (χ1) is 12.6. The Kier molecular flexibility index (Phi) is 4.40. The largest absolute Gasteiger partial charge is 0.492 e. The molecule has 2 aliphatic rings. The topological polar surface area (TPSA) is 49.8 Å². The van der Waals surface area contributed by atoms with E-state index in [0.29, 0.717) is 19.7 Å². The third kappa shape index (κ3) is 3.44. The van der Waals surface area contributed by atoms with Gasteiger partial charge in [-0.2, -0.15) is 0 Å². The Hall–Kier alpha value is -2.77. The summed E-state index contributed by atoms with van der Waals surface area (Å²) in [6.45, 7) is 3.91. The average Bonchev–Trinajstić information content (AvgIpc) is 2.58. The highest BCUT2D eigenvalue weighted by atomic mass is 16.5. The maximum Gasteiger partial charge on any atom is 0.309 e. The molecule has 4 rings (SSSR count). The number of likely N-dealkylation sites (tertiary alicyclic amines) is 1. The lowest BCUT2D eigenvalue weighted by molar-refractivity contribution is -0.149. The highest BCUT2D eigenvalue weighted by Gasteiger charge is 2.38. The van der Waals surface area contributed by atoms with Gasteiger partial charge in [-0.3, -0.25) is 9.69 Å². The van der Waals surface area contributed by atoms with Crippen LogP contribution < -0.4 is 4.74 Å². The Labute approximate surface area is 153 Å². The van der Waals surface area contributed by atoms with Gasteiger partial charge in [0.15, 0.2) is 0 Å². The molecule has 1 unspecified atom stereocenters. The fourth-order valence-electron chi connectivity index (χ4n) is 3.50. The molecule has 0 amide bonds. The number of carboxylic acid groups (broad SMARTS) is 1. The molecule has 1 saturated heterocycles. The molecule has 1 fully saturated rings. The maximum atomic E-state index is 11.0. The fourth-order valence-corrected chi connectivity index (χ4v) is 3.50. The van der Waals surface area contributed by atoms with Crippen LogP contribution >= 0.6 is 0 Å². The number of carbonyl (C=O) groups is 1. The number of aryl methyl sites for hydroxylation is 1. The number of aliphatic carboxylic acids is 1. The van der Waals surface area contributed by atoms with E-state index in [1.165, 1.54) is 11.1 Å². The van der Waals surface area contributed by atoms with E-state index in [9.17, 15) is 4.79 Å². The molecule has 1 N–H and O–H groups in total. The Balaban J connectivity index is 1.44. The zero-order valence-electron chi connectivity index (χ0n) is 14.7. The van der Waals surface area contributed by atoms with Gasteiger partial charge in [0.25, 0.3) is 0 Å². The van der Waals surface area contributed by atoms with Crippen LogP contribution in [0.4, 0.5) is 0 Å². The molecule has 0 radical (unpaired) electrons. The second kappa shape index (κ2) is 6.86. The van der Waals surface area contributed by atoms with Gasteiger partial charge in [0.1, 0.15) is 12.4 Å². The highest BCUT2D eigenvalue weighted by molar-refractivity contribution is 5.71. The summed E-state index contributed by atoms with van der Waals surface area (Å²) in [6, 6.07) is 14.5. The molecule has 2 aliphatic heterocycles. The average molecular weight is 347 g/mol. The molecule has 2 aromatic carbocycles. The zero-order chi connectivity index (χ0) is 18.1. The number of hydrogen-bond acceptors (Lipinski definition) is 3. The second-order valence-electron chi connectivity index (χ2n) is 7.10. The van der Waals surface area contributed by atoms with Gasteiger partial charge in [0.2, 0.25) is 0 Å².